The van der Waals surface area contributed by atoms with Gasteiger partial charge in [-0.1, -0.05) is 72.3 Å². The highest BCUT2D eigenvalue weighted by Gasteiger charge is 2.53. The van der Waals surface area contributed by atoms with Gasteiger partial charge in [0.1, 0.15) is 4.33 Å². The second-order valence-electron chi connectivity index (χ2n) is 6.04. The molecule has 1 aliphatic carbocycles. The fourth-order valence-corrected chi connectivity index (χ4v) is 4.27. The molecule has 1 saturated heterocycles. The van der Waals surface area contributed by atoms with Gasteiger partial charge < -0.3 is 0 Å². The normalized spacial score (nSPS) is 28.1. The second-order valence-corrected chi connectivity index (χ2v) is 7.58. The lowest BCUT2D eigenvalue weighted by molar-refractivity contribution is 0.0122. The van der Waals surface area contributed by atoms with E-state index < -0.39 is 4.33 Å². The van der Waals surface area contributed by atoms with Gasteiger partial charge in [0.25, 0.3) is 0 Å². The minimum atomic E-state index is -0.618. The highest BCUT2D eigenvalue weighted by Crippen LogP contribution is 2.52. The summed E-state index contributed by atoms with van der Waals surface area (Å²) in [5, 5.41) is 0. The molecule has 3 rings (SSSR count). The van der Waals surface area contributed by atoms with Crippen molar-refractivity contribution >= 4 is 23.2 Å². The van der Waals surface area contributed by atoms with E-state index >= 15 is 0 Å². The molecule has 0 aromatic heterocycles. The quantitative estimate of drug-likeness (QED) is 0.705. The minimum absolute atomic E-state index is 0.166. The van der Waals surface area contributed by atoms with Crippen LogP contribution in [0, 0.1) is 6.92 Å². The molecular weight excluding hydrogens is 277 g/mol. The van der Waals surface area contributed by atoms with Crippen LogP contribution in [0.4, 0.5) is 0 Å². The van der Waals surface area contributed by atoms with Crippen molar-refractivity contribution in [2.45, 2.75) is 55.4 Å². The molecule has 19 heavy (non-hydrogen) atoms. The van der Waals surface area contributed by atoms with Gasteiger partial charge in [-0.05, 0) is 25.3 Å². The number of hydrogen-bond acceptors (Lipinski definition) is 1. The number of likely N-dealkylation sites (tertiary alicyclic amines) is 1. The fraction of sp³-hybridized carbons (Fsp3) is 0.625. The summed E-state index contributed by atoms with van der Waals surface area (Å²) < 4.78 is -0.618. The zero-order chi connectivity index (χ0) is 13.5. The molecule has 1 aromatic carbocycles. The Morgan fingerprint density at radius 1 is 1.05 bits per heavy atom. The van der Waals surface area contributed by atoms with E-state index in [0.717, 1.165) is 6.54 Å². The van der Waals surface area contributed by atoms with Crippen molar-refractivity contribution < 1.29 is 0 Å². The van der Waals surface area contributed by atoms with Crippen molar-refractivity contribution in [2.75, 3.05) is 6.54 Å². The summed E-state index contributed by atoms with van der Waals surface area (Å²) in [7, 11) is 0. The third-order valence-electron chi connectivity index (χ3n) is 4.56. The molecule has 2 fully saturated rings. The van der Waals surface area contributed by atoms with Crippen LogP contribution in [0.25, 0.3) is 0 Å². The number of alkyl halides is 2. The maximum Gasteiger partial charge on any atom is 0.150 e. The summed E-state index contributed by atoms with van der Waals surface area (Å²) in [6.07, 6.45) is 6.67. The smallest absolute Gasteiger partial charge is 0.150 e. The highest BCUT2D eigenvalue weighted by molar-refractivity contribution is 6.49. The molecule has 1 heterocycles. The van der Waals surface area contributed by atoms with Crippen molar-refractivity contribution in [1.29, 1.82) is 0 Å². The number of benzene rings is 1. The Morgan fingerprint density at radius 3 is 2.26 bits per heavy atom. The van der Waals surface area contributed by atoms with Crippen molar-refractivity contribution in [2.24, 2.45) is 0 Å². The van der Waals surface area contributed by atoms with Crippen LogP contribution in [-0.2, 0) is 0 Å². The third-order valence-corrected chi connectivity index (χ3v) is 5.21. The van der Waals surface area contributed by atoms with Crippen LogP contribution in [0.1, 0.15) is 49.3 Å². The van der Waals surface area contributed by atoms with Crippen LogP contribution in [0.3, 0.4) is 0 Å². The lowest BCUT2D eigenvalue weighted by Gasteiger charge is -2.55. The molecule has 1 unspecified atom stereocenters. The van der Waals surface area contributed by atoms with Crippen molar-refractivity contribution in [1.82, 2.24) is 4.90 Å². The SMILES string of the molecule is Cc1ccc(C2N(C3CCCCC3)CC2(Cl)Cl)cc1. The van der Waals surface area contributed by atoms with Gasteiger partial charge in [0.15, 0.2) is 0 Å². The van der Waals surface area contributed by atoms with E-state index in [1.807, 2.05) is 0 Å². The van der Waals surface area contributed by atoms with E-state index in [4.69, 9.17) is 23.2 Å². The van der Waals surface area contributed by atoms with Gasteiger partial charge in [0.2, 0.25) is 0 Å². The summed E-state index contributed by atoms with van der Waals surface area (Å²) >= 11 is 13.0. The van der Waals surface area contributed by atoms with Crippen LogP contribution < -0.4 is 0 Å². The van der Waals surface area contributed by atoms with E-state index in [2.05, 4.69) is 36.1 Å². The Kier molecular flexibility index (Phi) is 3.81. The Morgan fingerprint density at radius 2 is 1.68 bits per heavy atom. The zero-order valence-corrected chi connectivity index (χ0v) is 12.9. The van der Waals surface area contributed by atoms with Crippen LogP contribution in [-0.4, -0.2) is 21.8 Å². The number of aryl methyl sites for hydroxylation is 1. The van der Waals surface area contributed by atoms with Crippen molar-refractivity contribution in [3.05, 3.63) is 35.4 Å². The Labute approximate surface area is 125 Å². The summed E-state index contributed by atoms with van der Waals surface area (Å²) in [6.45, 7) is 2.91. The largest absolute Gasteiger partial charge is 0.287 e. The van der Waals surface area contributed by atoms with Gasteiger partial charge in [0.05, 0.1) is 6.04 Å². The fourth-order valence-electron chi connectivity index (χ4n) is 3.49. The molecular formula is C16H21Cl2N. The molecule has 0 amide bonds. The molecule has 0 radical (unpaired) electrons. The number of nitrogens with zero attached hydrogens (tertiary/aromatic N) is 1. The van der Waals surface area contributed by atoms with Crippen molar-refractivity contribution in [3.8, 4) is 0 Å². The predicted molar refractivity (Wildman–Crippen MR) is 81.9 cm³/mol. The average Bonchev–Trinajstić information content (AvgIpc) is 2.40. The Bertz CT molecular complexity index is 435. The number of rotatable bonds is 2. The van der Waals surface area contributed by atoms with E-state index in [1.54, 1.807) is 0 Å². The monoisotopic (exact) mass is 297 g/mol. The maximum absolute atomic E-state index is 6.48. The molecule has 1 aromatic rings. The topological polar surface area (TPSA) is 3.24 Å². The maximum atomic E-state index is 6.48. The van der Waals surface area contributed by atoms with Gasteiger partial charge in [-0.2, -0.15) is 0 Å². The van der Waals surface area contributed by atoms with Gasteiger partial charge in [-0.25, -0.2) is 0 Å². The number of hydrogen-bond donors (Lipinski definition) is 0. The lowest BCUT2D eigenvalue weighted by Crippen LogP contribution is -2.61. The van der Waals surface area contributed by atoms with Crippen LogP contribution >= 0.6 is 23.2 Å². The third kappa shape index (κ3) is 2.66. The molecule has 104 valence electrons. The molecule has 2 aliphatic rings. The second kappa shape index (κ2) is 5.27. The first-order chi connectivity index (χ1) is 9.08. The van der Waals surface area contributed by atoms with Gasteiger partial charge in [-0.15, -0.1) is 0 Å². The average molecular weight is 298 g/mol. The standard InChI is InChI=1S/C16H21Cl2N/c1-12-7-9-13(10-8-12)15-16(17,18)11-19(15)14-5-3-2-4-6-14/h7-10,14-15H,2-6,11H2,1H3. The summed E-state index contributed by atoms with van der Waals surface area (Å²) in [6, 6.07) is 9.49. The van der Waals surface area contributed by atoms with Gasteiger partial charge in [-0.3, -0.25) is 4.90 Å². The summed E-state index contributed by atoms with van der Waals surface area (Å²) in [5.74, 6) is 0. The van der Waals surface area contributed by atoms with Crippen LogP contribution in [0.2, 0.25) is 0 Å². The number of halogens is 2. The lowest BCUT2D eigenvalue weighted by atomic mass is 9.86. The molecule has 3 heteroatoms. The van der Waals surface area contributed by atoms with Gasteiger partial charge in [0, 0.05) is 12.6 Å². The zero-order valence-electron chi connectivity index (χ0n) is 11.4. The van der Waals surface area contributed by atoms with E-state index in [0.29, 0.717) is 6.04 Å². The minimum Gasteiger partial charge on any atom is -0.287 e. The molecule has 0 N–H and O–H groups in total. The first-order valence-corrected chi connectivity index (χ1v) is 8.04. The molecule has 0 spiro atoms. The van der Waals surface area contributed by atoms with E-state index in [1.165, 1.54) is 43.2 Å². The van der Waals surface area contributed by atoms with E-state index in [-0.39, 0.29) is 6.04 Å². The summed E-state index contributed by atoms with van der Waals surface area (Å²) in [5.41, 5.74) is 2.54. The van der Waals surface area contributed by atoms with Crippen LogP contribution in [0.15, 0.2) is 24.3 Å². The van der Waals surface area contributed by atoms with E-state index in [9.17, 15) is 0 Å². The van der Waals surface area contributed by atoms with Crippen molar-refractivity contribution in [3.63, 3.8) is 0 Å². The highest BCUT2D eigenvalue weighted by atomic mass is 35.5. The molecule has 1 saturated carbocycles. The van der Waals surface area contributed by atoms with Gasteiger partial charge >= 0.3 is 0 Å². The first kappa shape index (κ1) is 13.7. The first-order valence-electron chi connectivity index (χ1n) is 7.28. The molecule has 1 nitrogen and oxygen atoms in total. The Balaban J connectivity index is 1.81. The molecule has 0 bridgehead atoms. The summed E-state index contributed by atoms with van der Waals surface area (Å²) in [4.78, 5) is 2.52. The van der Waals surface area contributed by atoms with Crippen LogP contribution in [0.5, 0.6) is 0 Å². The molecule has 1 atom stereocenters. The predicted octanol–water partition coefficient (Wildman–Crippen LogP) is 4.86. The molecule has 1 aliphatic heterocycles. The Hall–Kier alpha value is -0.240.